The molecule has 3 rings (SSSR count). The Morgan fingerprint density at radius 1 is 1.03 bits per heavy atom. The van der Waals surface area contributed by atoms with Gasteiger partial charge in [-0.2, -0.15) is 0 Å². The molecule has 1 unspecified atom stereocenters. The topological polar surface area (TPSA) is 86.9 Å². The van der Waals surface area contributed by atoms with E-state index in [-0.39, 0.29) is 5.91 Å². The molecule has 1 aliphatic rings. The third-order valence-corrected chi connectivity index (χ3v) is 5.74. The largest absolute Gasteiger partial charge is 0.481 e. The summed E-state index contributed by atoms with van der Waals surface area (Å²) in [5.74, 6) is 4.22. The summed E-state index contributed by atoms with van der Waals surface area (Å²) < 4.78 is 0. The number of carboxylic acids is 1. The molecule has 0 bridgehead atoms. The Morgan fingerprint density at radius 3 is 2.35 bits per heavy atom. The third kappa shape index (κ3) is 6.77. The number of piperidine rings is 1. The molecule has 1 amide bonds. The van der Waals surface area contributed by atoms with Gasteiger partial charge in [-0.3, -0.25) is 9.59 Å². The highest BCUT2D eigenvalue weighted by Crippen LogP contribution is 2.23. The van der Waals surface area contributed by atoms with Gasteiger partial charge in [0.15, 0.2) is 0 Å². The summed E-state index contributed by atoms with van der Waals surface area (Å²) in [6, 6.07) is 16.4. The number of hydrogen-bond acceptors (Lipinski definition) is 4. The lowest BCUT2D eigenvalue weighted by molar-refractivity contribution is -0.139. The number of carboxylic acid groups (broad SMARTS) is 1. The molecule has 0 aliphatic carbocycles. The Kier molecular flexibility index (Phi) is 8.38. The monoisotopic (exact) mass is 421 g/mol. The molecule has 2 aromatic carbocycles. The van der Waals surface area contributed by atoms with Gasteiger partial charge < -0.3 is 10.0 Å². The molecule has 0 aromatic heterocycles. The van der Waals surface area contributed by atoms with Crippen LogP contribution < -0.4 is 10.9 Å². The quantitative estimate of drug-likeness (QED) is 0.276. The van der Waals surface area contributed by atoms with Crippen molar-refractivity contribution >= 4 is 23.6 Å². The number of anilines is 1. The van der Waals surface area contributed by atoms with Crippen LogP contribution in [-0.2, 0) is 9.59 Å². The standard InChI is InChI=1S/C25H31N3O3/c26-28(22-8-3-1-4-9-22)24(29)16-13-20-11-14-21(15-12-20)23(25(30)31)10-7-19-27-17-5-2-6-18-27/h1,3-4,8-9,11-16,23H,2,5-7,10,17-19,26H2,(H,30,31). The molecule has 0 saturated carbocycles. The summed E-state index contributed by atoms with van der Waals surface area (Å²) in [5.41, 5.74) is 2.22. The Morgan fingerprint density at radius 2 is 1.71 bits per heavy atom. The molecule has 164 valence electrons. The number of hydrogen-bond donors (Lipinski definition) is 2. The van der Waals surface area contributed by atoms with E-state index in [1.807, 2.05) is 42.5 Å². The Balaban J connectivity index is 1.56. The van der Waals surface area contributed by atoms with Gasteiger partial charge in [-0.1, -0.05) is 48.9 Å². The number of carbonyl (C=O) groups excluding carboxylic acids is 1. The van der Waals surface area contributed by atoms with Crippen LogP contribution in [0.2, 0.25) is 0 Å². The van der Waals surface area contributed by atoms with Crippen LogP contribution in [-0.4, -0.2) is 41.5 Å². The second-order valence-electron chi connectivity index (χ2n) is 7.98. The lowest BCUT2D eigenvalue weighted by Crippen LogP contribution is -2.36. The summed E-state index contributed by atoms with van der Waals surface area (Å²) >= 11 is 0. The van der Waals surface area contributed by atoms with Crippen molar-refractivity contribution in [3.8, 4) is 0 Å². The Hall–Kier alpha value is -2.96. The van der Waals surface area contributed by atoms with Crippen LogP contribution >= 0.6 is 0 Å². The number of para-hydroxylation sites is 1. The van der Waals surface area contributed by atoms with Gasteiger partial charge in [-0.25, -0.2) is 10.9 Å². The first-order valence-corrected chi connectivity index (χ1v) is 10.9. The summed E-state index contributed by atoms with van der Waals surface area (Å²) in [7, 11) is 0. The predicted molar refractivity (Wildman–Crippen MR) is 123 cm³/mol. The average Bonchev–Trinajstić information content (AvgIpc) is 2.81. The molecule has 6 heteroatoms. The van der Waals surface area contributed by atoms with Crippen molar-refractivity contribution in [1.29, 1.82) is 0 Å². The molecule has 1 heterocycles. The second-order valence-corrected chi connectivity index (χ2v) is 7.98. The number of nitrogens with two attached hydrogens (primary N) is 1. The predicted octanol–water partition coefficient (Wildman–Crippen LogP) is 4.04. The minimum atomic E-state index is -0.793. The molecule has 6 nitrogen and oxygen atoms in total. The van der Waals surface area contributed by atoms with Crippen molar-refractivity contribution in [2.45, 2.75) is 38.0 Å². The number of rotatable bonds is 9. The third-order valence-electron chi connectivity index (χ3n) is 5.74. The van der Waals surface area contributed by atoms with E-state index < -0.39 is 11.9 Å². The molecule has 1 aliphatic heterocycles. The molecule has 0 radical (unpaired) electrons. The summed E-state index contributed by atoms with van der Waals surface area (Å²) in [5, 5.41) is 10.8. The van der Waals surface area contributed by atoms with Gasteiger partial charge in [-0.05, 0) is 74.7 Å². The second kappa shape index (κ2) is 11.4. The van der Waals surface area contributed by atoms with Crippen molar-refractivity contribution in [3.63, 3.8) is 0 Å². The van der Waals surface area contributed by atoms with Gasteiger partial charge in [0, 0.05) is 6.08 Å². The maximum atomic E-state index is 12.3. The van der Waals surface area contributed by atoms with E-state index in [1.165, 1.54) is 25.3 Å². The minimum Gasteiger partial charge on any atom is -0.481 e. The van der Waals surface area contributed by atoms with E-state index >= 15 is 0 Å². The van der Waals surface area contributed by atoms with Crippen molar-refractivity contribution in [1.82, 2.24) is 4.90 Å². The molecule has 2 aromatic rings. The van der Waals surface area contributed by atoms with E-state index in [2.05, 4.69) is 4.90 Å². The summed E-state index contributed by atoms with van der Waals surface area (Å²) in [6.45, 7) is 3.22. The zero-order valence-corrected chi connectivity index (χ0v) is 17.8. The Bertz CT molecular complexity index is 875. The normalized spacial score (nSPS) is 15.6. The first kappa shape index (κ1) is 22.7. The van der Waals surface area contributed by atoms with E-state index in [0.29, 0.717) is 12.1 Å². The van der Waals surface area contributed by atoms with Crippen molar-refractivity contribution < 1.29 is 14.7 Å². The number of likely N-dealkylation sites (tertiary alicyclic amines) is 1. The van der Waals surface area contributed by atoms with E-state index in [0.717, 1.165) is 42.2 Å². The van der Waals surface area contributed by atoms with Gasteiger partial charge >= 0.3 is 5.97 Å². The number of benzene rings is 2. The highest BCUT2D eigenvalue weighted by molar-refractivity contribution is 6.02. The van der Waals surface area contributed by atoms with Crippen LogP contribution in [0.15, 0.2) is 60.7 Å². The summed E-state index contributed by atoms with van der Waals surface area (Å²) in [6.07, 6.45) is 8.38. The maximum Gasteiger partial charge on any atom is 0.310 e. The van der Waals surface area contributed by atoms with Crippen LogP contribution in [0.5, 0.6) is 0 Å². The first-order valence-electron chi connectivity index (χ1n) is 10.9. The molecule has 3 N–H and O–H groups in total. The lowest BCUT2D eigenvalue weighted by atomic mass is 9.93. The van der Waals surface area contributed by atoms with Gasteiger partial charge in [-0.15, -0.1) is 0 Å². The highest BCUT2D eigenvalue weighted by Gasteiger charge is 2.20. The SMILES string of the molecule is NN(C(=O)C=Cc1ccc(C(CCCN2CCCCC2)C(=O)O)cc1)c1ccccc1. The zero-order chi connectivity index (χ0) is 22.1. The molecule has 1 fully saturated rings. The number of hydrazine groups is 1. The Labute approximate surface area is 183 Å². The fourth-order valence-corrected chi connectivity index (χ4v) is 3.94. The number of nitrogens with zero attached hydrogens (tertiary/aromatic N) is 2. The molecule has 31 heavy (non-hydrogen) atoms. The fraction of sp³-hybridized carbons (Fsp3) is 0.360. The van der Waals surface area contributed by atoms with Crippen LogP contribution in [0.4, 0.5) is 5.69 Å². The fourth-order valence-electron chi connectivity index (χ4n) is 3.94. The van der Waals surface area contributed by atoms with Crippen LogP contribution in [0.1, 0.15) is 49.1 Å². The van der Waals surface area contributed by atoms with Gasteiger partial charge in [0.1, 0.15) is 0 Å². The van der Waals surface area contributed by atoms with Gasteiger partial charge in [0.2, 0.25) is 0 Å². The lowest BCUT2D eigenvalue weighted by Gasteiger charge is -2.26. The average molecular weight is 422 g/mol. The number of carbonyl (C=O) groups is 2. The van der Waals surface area contributed by atoms with Gasteiger partial charge in [0.05, 0.1) is 11.6 Å². The number of amides is 1. The van der Waals surface area contributed by atoms with Crippen LogP contribution in [0.25, 0.3) is 6.08 Å². The van der Waals surface area contributed by atoms with Gasteiger partial charge in [0.25, 0.3) is 5.91 Å². The molecule has 1 saturated heterocycles. The van der Waals surface area contributed by atoms with E-state index in [1.54, 1.807) is 18.2 Å². The van der Waals surface area contributed by atoms with Crippen LogP contribution in [0, 0.1) is 0 Å². The van der Waals surface area contributed by atoms with Crippen molar-refractivity contribution in [3.05, 3.63) is 71.8 Å². The smallest absolute Gasteiger partial charge is 0.310 e. The molecular formula is C25H31N3O3. The zero-order valence-electron chi connectivity index (χ0n) is 17.8. The maximum absolute atomic E-state index is 12.3. The summed E-state index contributed by atoms with van der Waals surface area (Å²) in [4.78, 5) is 26.5. The number of aliphatic carboxylic acids is 1. The van der Waals surface area contributed by atoms with Crippen molar-refractivity contribution in [2.24, 2.45) is 5.84 Å². The van der Waals surface area contributed by atoms with Crippen LogP contribution in [0.3, 0.4) is 0 Å². The van der Waals surface area contributed by atoms with E-state index in [4.69, 9.17) is 5.84 Å². The molecule has 0 spiro atoms. The molecular weight excluding hydrogens is 390 g/mol. The minimum absolute atomic E-state index is 0.337. The highest BCUT2D eigenvalue weighted by atomic mass is 16.4. The molecule has 1 atom stereocenters. The first-order chi connectivity index (χ1) is 15.0. The van der Waals surface area contributed by atoms with Crippen molar-refractivity contribution in [2.75, 3.05) is 24.6 Å². The van der Waals surface area contributed by atoms with E-state index in [9.17, 15) is 14.7 Å².